The number of nitrogens with zero attached hydrogens (tertiary/aromatic N) is 2. The predicted octanol–water partition coefficient (Wildman–Crippen LogP) is 4.54. The lowest BCUT2D eigenvalue weighted by molar-refractivity contribution is -0.151. The minimum Gasteiger partial charge on any atom is -0.455 e. The second kappa shape index (κ2) is 9.21. The van der Waals surface area contributed by atoms with Crippen LogP contribution in [0, 0.1) is 0 Å². The summed E-state index contributed by atoms with van der Waals surface area (Å²) < 4.78 is 6.32. The molecule has 0 aliphatic carbocycles. The largest absolute Gasteiger partial charge is 0.455 e. The Morgan fingerprint density at radius 3 is 2.50 bits per heavy atom. The van der Waals surface area contributed by atoms with E-state index < -0.39 is 5.97 Å². The van der Waals surface area contributed by atoms with Gasteiger partial charge in [0.2, 0.25) is 0 Å². The Labute approximate surface area is 172 Å². The second-order valence-electron chi connectivity index (χ2n) is 6.38. The monoisotopic (exact) mass is 414 g/mol. The minimum atomic E-state index is -0.400. The number of carbonyl (C=O) groups excluding carboxylic acids is 2. The van der Waals surface area contributed by atoms with Gasteiger partial charge in [0.25, 0.3) is 5.91 Å². The molecule has 1 heterocycles. The third-order valence-electron chi connectivity index (χ3n) is 4.37. The molecule has 0 fully saturated rings. The van der Waals surface area contributed by atoms with Crippen molar-refractivity contribution in [2.24, 2.45) is 0 Å². The number of fused-ring (bicyclic) bond motifs is 1. The van der Waals surface area contributed by atoms with E-state index in [1.54, 1.807) is 30.2 Å². The Bertz CT molecular complexity index is 925. The first-order valence-electron chi connectivity index (χ1n) is 8.95. The summed E-state index contributed by atoms with van der Waals surface area (Å²) in [5, 5.41) is 0.471. The smallest absolute Gasteiger partial charge is 0.319 e. The fourth-order valence-corrected chi connectivity index (χ4v) is 4.50. The number of carbonyl (C=O) groups is 2. The highest BCUT2D eigenvalue weighted by atomic mass is 32.2. The van der Waals surface area contributed by atoms with Crippen molar-refractivity contribution in [3.05, 3.63) is 59.6 Å². The lowest BCUT2D eigenvalue weighted by Gasteiger charge is -2.23. The molecule has 0 N–H and O–H groups in total. The molecule has 3 rings (SSSR count). The van der Waals surface area contributed by atoms with Crippen LogP contribution < -0.4 is 0 Å². The van der Waals surface area contributed by atoms with Crippen molar-refractivity contribution < 1.29 is 14.3 Å². The number of benzene rings is 2. The van der Waals surface area contributed by atoms with Gasteiger partial charge >= 0.3 is 5.97 Å². The summed E-state index contributed by atoms with van der Waals surface area (Å²) in [6, 6.07) is 17.3. The summed E-state index contributed by atoms with van der Waals surface area (Å²) in [6.45, 7) is 3.42. The average molecular weight is 415 g/mol. The third-order valence-corrected chi connectivity index (χ3v) is 6.67. The van der Waals surface area contributed by atoms with Crippen LogP contribution in [0.25, 0.3) is 10.2 Å². The van der Waals surface area contributed by atoms with E-state index in [9.17, 15) is 9.59 Å². The van der Waals surface area contributed by atoms with Crippen LogP contribution in [-0.4, -0.2) is 40.7 Å². The van der Waals surface area contributed by atoms with Crippen LogP contribution in [0.5, 0.6) is 0 Å². The number of aromatic nitrogens is 1. The Morgan fingerprint density at radius 2 is 1.79 bits per heavy atom. The topological polar surface area (TPSA) is 59.5 Å². The molecule has 0 unspecified atom stereocenters. The van der Waals surface area contributed by atoms with Gasteiger partial charge in [-0.15, -0.1) is 23.1 Å². The molecule has 1 amide bonds. The number of esters is 1. The lowest BCUT2D eigenvalue weighted by atomic mass is 10.3. The van der Waals surface area contributed by atoms with E-state index in [-0.39, 0.29) is 23.8 Å². The highest BCUT2D eigenvalue weighted by Crippen LogP contribution is 2.29. The molecule has 0 aliphatic heterocycles. The average Bonchev–Trinajstić information content (AvgIpc) is 3.15. The normalized spacial score (nSPS) is 13.1. The Balaban J connectivity index is 1.53. The Morgan fingerprint density at radius 1 is 1.11 bits per heavy atom. The number of thioether (sulfide) groups is 1. The highest BCUT2D eigenvalue weighted by molar-refractivity contribution is 8.00. The van der Waals surface area contributed by atoms with E-state index in [0.717, 1.165) is 20.1 Å². The summed E-state index contributed by atoms with van der Waals surface area (Å²) in [4.78, 5) is 31.8. The molecule has 5 nitrogen and oxygen atoms in total. The van der Waals surface area contributed by atoms with Crippen molar-refractivity contribution in [1.29, 1.82) is 0 Å². The maximum atomic E-state index is 12.5. The van der Waals surface area contributed by atoms with Crippen LogP contribution in [-0.2, 0) is 14.3 Å². The van der Waals surface area contributed by atoms with Crippen LogP contribution in [0.4, 0.5) is 0 Å². The van der Waals surface area contributed by atoms with Crippen LogP contribution in [0.2, 0.25) is 0 Å². The number of rotatable bonds is 7. The molecule has 0 aliphatic rings. The standard InChI is InChI=1S/C21H22N2O3S2/c1-14(20-22-17-11-7-8-12-18(17)28-20)23(3)19(24)13-26-21(25)15(2)27-16-9-5-4-6-10-16/h4-12,14-15H,13H2,1-3H3/t14-,15+/m1/s1. The van der Waals surface area contributed by atoms with Crippen molar-refractivity contribution in [2.45, 2.75) is 30.0 Å². The van der Waals surface area contributed by atoms with Gasteiger partial charge in [-0.25, -0.2) is 4.98 Å². The molecule has 0 saturated heterocycles. The van der Waals surface area contributed by atoms with Gasteiger partial charge < -0.3 is 9.64 Å². The molecule has 28 heavy (non-hydrogen) atoms. The number of hydrogen-bond acceptors (Lipinski definition) is 6. The third kappa shape index (κ3) is 4.91. The van der Waals surface area contributed by atoms with Gasteiger partial charge in [-0.2, -0.15) is 0 Å². The zero-order chi connectivity index (χ0) is 20.1. The first-order chi connectivity index (χ1) is 13.5. The van der Waals surface area contributed by atoms with E-state index in [2.05, 4.69) is 4.98 Å². The van der Waals surface area contributed by atoms with E-state index in [1.165, 1.54) is 11.8 Å². The fourth-order valence-electron chi connectivity index (χ4n) is 2.55. The summed E-state index contributed by atoms with van der Waals surface area (Å²) >= 11 is 2.98. The van der Waals surface area contributed by atoms with Crippen molar-refractivity contribution in [2.75, 3.05) is 13.7 Å². The van der Waals surface area contributed by atoms with Crippen molar-refractivity contribution in [3.8, 4) is 0 Å². The van der Waals surface area contributed by atoms with Gasteiger partial charge in [0.05, 0.1) is 16.3 Å². The number of hydrogen-bond donors (Lipinski definition) is 0. The predicted molar refractivity (Wildman–Crippen MR) is 114 cm³/mol. The van der Waals surface area contributed by atoms with E-state index >= 15 is 0 Å². The van der Waals surface area contributed by atoms with Crippen LogP contribution in [0.3, 0.4) is 0 Å². The van der Waals surface area contributed by atoms with Gasteiger partial charge in [-0.3, -0.25) is 9.59 Å². The number of para-hydroxylation sites is 1. The zero-order valence-electron chi connectivity index (χ0n) is 16.0. The van der Waals surface area contributed by atoms with Crippen molar-refractivity contribution in [3.63, 3.8) is 0 Å². The number of thiazole rings is 1. The summed E-state index contributed by atoms with van der Waals surface area (Å²) in [7, 11) is 1.70. The van der Waals surface area contributed by atoms with Gasteiger partial charge in [0.1, 0.15) is 10.3 Å². The fraction of sp³-hybridized carbons (Fsp3) is 0.286. The minimum absolute atomic E-state index is 0.195. The molecule has 1 aromatic heterocycles. The molecule has 0 saturated carbocycles. The SMILES string of the molecule is C[C@H](Sc1ccccc1)C(=O)OCC(=O)N(C)[C@H](C)c1nc2ccccc2s1. The quantitative estimate of drug-likeness (QED) is 0.420. The molecule has 146 valence electrons. The molecular weight excluding hydrogens is 392 g/mol. The van der Waals surface area contributed by atoms with Crippen LogP contribution in [0.1, 0.15) is 24.9 Å². The first-order valence-corrected chi connectivity index (χ1v) is 10.6. The van der Waals surface area contributed by atoms with Gasteiger partial charge in [-0.1, -0.05) is 30.3 Å². The molecular formula is C21H22N2O3S2. The van der Waals surface area contributed by atoms with Gasteiger partial charge in [0.15, 0.2) is 6.61 Å². The molecule has 0 bridgehead atoms. The Hall–Kier alpha value is -2.38. The molecule has 7 heteroatoms. The maximum Gasteiger partial charge on any atom is 0.319 e. The lowest BCUT2D eigenvalue weighted by Crippen LogP contribution is -2.34. The van der Waals surface area contributed by atoms with E-state index in [1.807, 2.05) is 61.5 Å². The molecule has 2 aromatic carbocycles. The number of amides is 1. The van der Waals surface area contributed by atoms with E-state index in [0.29, 0.717) is 0 Å². The van der Waals surface area contributed by atoms with Gasteiger partial charge in [-0.05, 0) is 38.1 Å². The number of likely N-dealkylation sites (N-methyl/N-ethyl adjacent to an activating group) is 1. The van der Waals surface area contributed by atoms with Crippen molar-refractivity contribution in [1.82, 2.24) is 9.88 Å². The molecule has 0 radical (unpaired) electrons. The highest BCUT2D eigenvalue weighted by Gasteiger charge is 2.23. The Kier molecular flexibility index (Phi) is 6.70. The van der Waals surface area contributed by atoms with Crippen LogP contribution >= 0.6 is 23.1 Å². The summed E-state index contributed by atoms with van der Waals surface area (Å²) in [6.07, 6.45) is 0. The van der Waals surface area contributed by atoms with E-state index in [4.69, 9.17) is 4.74 Å². The van der Waals surface area contributed by atoms with Crippen molar-refractivity contribution >= 4 is 45.2 Å². The zero-order valence-corrected chi connectivity index (χ0v) is 17.6. The first kappa shape index (κ1) is 20.4. The van der Waals surface area contributed by atoms with Crippen LogP contribution in [0.15, 0.2) is 59.5 Å². The number of ether oxygens (including phenoxy) is 1. The summed E-state index contributed by atoms with van der Waals surface area (Å²) in [5.41, 5.74) is 0.924. The second-order valence-corrected chi connectivity index (χ2v) is 8.86. The molecule has 3 aromatic rings. The molecule has 2 atom stereocenters. The maximum absolute atomic E-state index is 12.5. The van der Waals surface area contributed by atoms with Gasteiger partial charge in [0, 0.05) is 11.9 Å². The molecule has 0 spiro atoms. The summed E-state index contributed by atoms with van der Waals surface area (Å²) in [5.74, 6) is -0.653.